The number of nitrogens with zero attached hydrogens (tertiary/aromatic N) is 3. The van der Waals surface area contributed by atoms with E-state index < -0.39 is 0 Å². The molecule has 1 aromatic heterocycles. The first-order chi connectivity index (χ1) is 10.7. The van der Waals surface area contributed by atoms with Crippen molar-refractivity contribution < 1.29 is 0 Å². The summed E-state index contributed by atoms with van der Waals surface area (Å²) in [6.07, 6.45) is 8.71. The standard InChI is InChI=1S/C17H25ClN4/c1-2-19-16(21-12-14-5-6-15(18)20-11-14)22-10-9-17(13-22)7-3-4-8-17/h5-6,11H,2-4,7-10,12-13H2,1H3,(H,19,21). The van der Waals surface area contributed by atoms with Crippen molar-refractivity contribution in [3.63, 3.8) is 0 Å². The molecular formula is C17H25ClN4. The molecule has 2 heterocycles. The van der Waals surface area contributed by atoms with Gasteiger partial charge in [-0.15, -0.1) is 0 Å². The van der Waals surface area contributed by atoms with Gasteiger partial charge in [0.25, 0.3) is 0 Å². The van der Waals surface area contributed by atoms with Crippen LogP contribution < -0.4 is 5.32 Å². The number of pyridine rings is 1. The van der Waals surface area contributed by atoms with Crippen molar-refractivity contribution in [3.8, 4) is 0 Å². The molecular weight excluding hydrogens is 296 g/mol. The molecule has 2 fully saturated rings. The van der Waals surface area contributed by atoms with E-state index in [9.17, 15) is 0 Å². The lowest BCUT2D eigenvalue weighted by Crippen LogP contribution is -2.41. The van der Waals surface area contributed by atoms with E-state index in [1.807, 2.05) is 12.1 Å². The van der Waals surface area contributed by atoms with Crippen molar-refractivity contribution in [2.45, 2.75) is 45.6 Å². The SMILES string of the molecule is CCNC(=NCc1ccc(Cl)nc1)N1CCC2(CCCC2)C1. The summed E-state index contributed by atoms with van der Waals surface area (Å²) in [6, 6.07) is 3.81. The Morgan fingerprint density at radius 2 is 2.18 bits per heavy atom. The minimum atomic E-state index is 0.530. The second kappa shape index (κ2) is 6.86. The Balaban J connectivity index is 1.67. The Kier molecular flexibility index (Phi) is 4.87. The molecule has 1 N–H and O–H groups in total. The van der Waals surface area contributed by atoms with E-state index in [-0.39, 0.29) is 0 Å². The number of aromatic nitrogens is 1. The van der Waals surface area contributed by atoms with Crippen LogP contribution in [0.15, 0.2) is 23.3 Å². The predicted octanol–water partition coefficient (Wildman–Crippen LogP) is 3.47. The van der Waals surface area contributed by atoms with Gasteiger partial charge >= 0.3 is 0 Å². The van der Waals surface area contributed by atoms with Gasteiger partial charge < -0.3 is 10.2 Å². The zero-order valence-electron chi connectivity index (χ0n) is 13.3. The van der Waals surface area contributed by atoms with Crippen LogP contribution in [-0.2, 0) is 6.54 Å². The van der Waals surface area contributed by atoms with Gasteiger partial charge in [0.15, 0.2) is 5.96 Å². The van der Waals surface area contributed by atoms with Crippen LogP contribution >= 0.6 is 11.6 Å². The molecule has 1 spiro atoms. The van der Waals surface area contributed by atoms with Crippen LogP contribution in [0.2, 0.25) is 5.15 Å². The van der Waals surface area contributed by atoms with Crippen molar-refractivity contribution in [3.05, 3.63) is 29.0 Å². The molecule has 0 amide bonds. The summed E-state index contributed by atoms with van der Waals surface area (Å²) in [4.78, 5) is 11.4. The van der Waals surface area contributed by atoms with Crippen LogP contribution in [-0.4, -0.2) is 35.5 Å². The topological polar surface area (TPSA) is 40.5 Å². The van der Waals surface area contributed by atoms with Crippen LogP contribution in [0.3, 0.4) is 0 Å². The normalized spacial score (nSPS) is 20.8. The number of aliphatic imine (C=N–C) groups is 1. The molecule has 1 saturated heterocycles. The Bertz CT molecular complexity index is 520. The molecule has 1 aliphatic heterocycles. The Hall–Kier alpha value is -1.29. The van der Waals surface area contributed by atoms with Gasteiger partial charge in [-0.25, -0.2) is 9.98 Å². The Labute approximate surface area is 138 Å². The number of nitrogens with one attached hydrogen (secondary N) is 1. The maximum Gasteiger partial charge on any atom is 0.194 e. The van der Waals surface area contributed by atoms with Gasteiger partial charge in [0.05, 0.1) is 6.54 Å². The molecule has 0 bridgehead atoms. The molecule has 0 atom stereocenters. The molecule has 1 aromatic rings. The summed E-state index contributed by atoms with van der Waals surface area (Å²) in [5.74, 6) is 1.04. The second-order valence-corrected chi connectivity index (χ2v) is 6.93. The smallest absolute Gasteiger partial charge is 0.194 e. The van der Waals surface area contributed by atoms with Crippen LogP contribution in [0.1, 0.15) is 44.6 Å². The van der Waals surface area contributed by atoms with E-state index in [1.54, 1.807) is 6.20 Å². The Morgan fingerprint density at radius 1 is 1.36 bits per heavy atom. The number of hydrogen-bond acceptors (Lipinski definition) is 2. The number of guanidine groups is 1. The van der Waals surface area contributed by atoms with Crippen molar-refractivity contribution in [2.24, 2.45) is 10.4 Å². The second-order valence-electron chi connectivity index (χ2n) is 6.54. The molecule has 0 unspecified atom stereocenters. The molecule has 22 heavy (non-hydrogen) atoms. The van der Waals surface area contributed by atoms with E-state index in [0.717, 1.165) is 31.2 Å². The fourth-order valence-corrected chi connectivity index (χ4v) is 3.85. The molecule has 5 heteroatoms. The van der Waals surface area contributed by atoms with Crippen LogP contribution in [0.4, 0.5) is 0 Å². The highest BCUT2D eigenvalue weighted by Crippen LogP contribution is 2.45. The van der Waals surface area contributed by atoms with Gasteiger partial charge in [-0.05, 0) is 43.2 Å². The molecule has 2 aliphatic rings. The third-order valence-corrected chi connectivity index (χ3v) is 5.16. The maximum absolute atomic E-state index is 5.83. The molecule has 0 radical (unpaired) electrons. The number of halogens is 1. The van der Waals surface area contributed by atoms with E-state index in [0.29, 0.717) is 17.1 Å². The van der Waals surface area contributed by atoms with Crippen LogP contribution in [0.25, 0.3) is 0 Å². The molecule has 1 saturated carbocycles. The molecule has 4 nitrogen and oxygen atoms in total. The van der Waals surface area contributed by atoms with Crippen LogP contribution in [0.5, 0.6) is 0 Å². The Morgan fingerprint density at radius 3 is 2.86 bits per heavy atom. The van der Waals surface area contributed by atoms with Gasteiger partial charge in [-0.1, -0.05) is 30.5 Å². The lowest BCUT2D eigenvalue weighted by molar-refractivity contribution is 0.309. The average molecular weight is 321 g/mol. The molecule has 1 aliphatic carbocycles. The summed E-state index contributed by atoms with van der Waals surface area (Å²) < 4.78 is 0. The lowest BCUT2D eigenvalue weighted by atomic mass is 9.86. The van der Waals surface area contributed by atoms with E-state index >= 15 is 0 Å². The van der Waals surface area contributed by atoms with E-state index in [2.05, 4.69) is 22.1 Å². The van der Waals surface area contributed by atoms with Gasteiger partial charge in [-0.2, -0.15) is 0 Å². The largest absolute Gasteiger partial charge is 0.357 e. The highest BCUT2D eigenvalue weighted by Gasteiger charge is 2.41. The highest BCUT2D eigenvalue weighted by atomic mass is 35.5. The molecule has 3 rings (SSSR count). The minimum absolute atomic E-state index is 0.530. The lowest BCUT2D eigenvalue weighted by Gasteiger charge is -2.26. The molecule has 120 valence electrons. The average Bonchev–Trinajstić information content (AvgIpc) is 3.16. The highest BCUT2D eigenvalue weighted by molar-refractivity contribution is 6.29. The van der Waals surface area contributed by atoms with Crippen molar-refractivity contribution in [1.29, 1.82) is 0 Å². The fraction of sp³-hybridized carbons (Fsp3) is 0.647. The summed E-state index contributed by atoms with van der Waals surface area (Å²) in [5, 5.41) is 3.97. The monoisotopic (exact) mass is 320 g/mol. The zero-order valence-corrected chi connectivity index (χ0v) is 14.1. The van der Waals surface area contributed by atoms with Gasteiger partial charge in [0.1, 0.15) is 5.15 Å². The first-order valence-electron chi connectivity index (χ1n) is 8.34. The summed E-state index contributed by atoms with van der Waals surface area (Å²) in [5.41, 5.74) is 1.66. The third-order valence-electron chi connectivity index (χ3n) is 4.94. The summed E-state index contributed by atoms with van der Waals surface area (Å²) in [6.45, 7) is 5.97. The first-order valence-corrected chi connectivity index (χ1v) is 8.72. The van der Waals surface area contributed by atoms with Crippen molar-refractivity contribution in [2.75, 3.05) is 19.6 Å². The molecule has 0 aromatic carbocycles. The van der Waals surface area contributed by atoms with Crippen LogP contribution in [0, 0.1) is 5.41 Å². The van der Waals surface area contributed by atoms with Crippen molar-refractivity contribution >= 4 is 17.6 Å². The number of rotatable bonds is 3. The first kappa shape index (κ1) is 15.6. The van der Waals surface area contributed by atoms with Gasteiger partial charge in [0.2, 0.25) is 0 Å². The number of likely N-dealkylation sites (tertiary alicyclic amines) is 1. The van der Waals surface area contributed by atoms with E-state index in [1.165, 1.54) is 32.1 Å². The fourth-order valence-electron chi connectivity index (χ4n) is 3.74. The zero-order chi connectivity index (χ0) is 15.4. The summed E-state index contributed by atoms with van der Waals surface area (Å²) >= 11 is 5.83. The minimum Gasteiger partial charge on any atom is -0.357 e. The third kappa shape index (κ3) is 3.54. The van der Waals surface area contributed by atoms with Gasteiger partial charge in [-0.3, -0.25) is 0 Å². The predicted molar refractivity (Wildman–Crippen MR) is 91.2 cm³/mol. The summed E-state index contributed by atoms with van der Waals surface area (Å²) in [7, 11) is 0. The number of hydrogen-bond donors (Lipinski definition) is 1. The maximum atomic E-state index is 5.83. The van der Waals surface area contributed by atoms with Crippen molar-refractivity contribution in [1.82, 2.24) is 15.2 Å². The van der Waals surface area contributed by atoms with E-state index in [4.69, 9.17) is 16.6 Å². The quantitative estimate of drug-likeness (QED) is 0.526. The van der Waals surface area contributed by atoms with Gasteiger partial charge in [0, 0.05) is 25.8 Å².